The van der Waals surface area contributed by atoms with Gasteiger partial charge in [-0.25, -0.2) is 8.78 Å². The Balaban J connectivity index is 2.07. The lowest BCUT2D eigenvalue weighted by Gasteiger charge is -2.13. The van der Waals surface area contributed by atoms with Crippen molar-refractivity contribution in [1.82, 2.24) is 0 Å². The standard InChI is InChI=1S/C14H12F2N2OS/c1-19-13-5-3-2-4-12(13)18-14(20)17-9-6-7-10(15)11(16)8-9/h2-8H,1H3,(H2,17,18,20). The number of anilines is 2. The van der Waals surface area contributed by atoms with Crippen LogP contribution < -0.4 is 15.4 Å². The second kappa shape index (κ2) is 6.29. The largest absolute Gasteiger partial charge is 0.495 e. The summed E-state index contributed by atoms with van der Waals surface area (Å²) < 4.78 is 31.1. The smallest absolute Gasteiger partial charge is 0.175 e. The summed E-state index contributed by atoms with van der Waals surface area (Å²) in [4.78, 5) is 0. The van der Waals surface area contributed by atoms with E-state index in [-0.39, 0.29) is 5.11 Å². The third-order valence-corrected chi connectivity index (χ3v) is 2.74. The number of halogens is 2. The van der Waals surface area contributed by atoms with E-state index in [1.807, 2.05) is 12.1 Å². The molecule has 0 saturated carbocycles. The number of para-hydroxylation sites is 2. The van der Waals surface area contributed by atoms with E-state index in [1.54, 1.807) is 19.2 Å². The Morgan fingerprint density at radius 2 is 1.80 bits per heavy atom. The molecule has 2 aromatic carbocycles. The van der Waals surface area contributed by atoms with Crippen molar-refractivity contribution in [2.24, 2.45) is 0 Å². The summed E-state index contributed by atoms with van der Waals surface area (Å²) in [6.07, 6.45) is 0. The lowest BCUT2D eigenvalue weighted by Crippen LogP contribution is -2.19. The highest BCUT2D eigenvalue weighted by Crippen LogP contribution is 2.23. The fourth-order valence-electron chi connectivity index (χ4n) is 1.61. The summed E-state index contributed by atoms with van der Waals surface area (Å²) in [6.45, 7) is 0. The minimum Gasteiger partial charge on any atom is -0.495 e. The molecule has 0 bridgehead atoms. The summed E-state index contributed by atoms with van der Waals surface area (Å²) in [5, 5.41) is 5.94. The van der Waals surface area contributed by atoms with E-state index < -0.39 is 11.6 Å². The van der Waals surface area contributed by atoms with Crippen LogP contribution in [0, 0.1) is 11.6 Å². The van der Waals surface area contributed by atoms with E-state index in [9.17, 15) is 8.78 Å². The quantitative estimate of drug-likeness (QED) is 0.844. The maximum absolute atomic E-state index is 13.1. The van der Waals surface area contributed by atoms with Gasteiger partial charge in [0.25, 0.3) is 0 Å². The molecule has 2 rings (SSSR count). The van der Waals surface area contributed by atoms with E-state index >= 15 is 0 Å². The molecule has 0 saturated heterocycles. The molecule has 0 aliphatic heterocycles. The van der Waals surface area contributed by atoms with Gasteiger partial charge in [0, 0.05) is 11.8 Å². The van der Waals surface area contributed by atoms with Crippen molar-refractivity contribution in [3.8, 4) is 5.75 Å². The summed E-state index contributed by atoms with van der Waals surface area (Å²) in [6, 6.07) is 10.7. The van der Waals surface area contributed by atoms with Crippen LogP contribution in [0.1, 0.15) is 0 Å². The van der Waals surface area contributed by atoms with Crippen molar-refractivity contribution < 1.29 is 13.5 Å². The molecule has 2 N–H and O–H groups in total. The van der Waals surface area contributed by atoms with Crippen molar-refractivity contribution in [1.29, 1.82) is 0 Å². The molecule has 0 spiro atoms. The van der Waals surface area contributed by atoms with Crippen LogP contribution >= 0.6 is 12.2 Å². The Morgan fingerprint density at radius 1 is 1.05 bits per heavy atom. The van der Waals surface area contributed by atoms with Crippen molar-refractivity contribution >= 4 is 28.7 Å². The first-order chi connectivity index (χ1) is 9.60. The number of hydrogen-bond acceptors (Lipinski definition) is 2. The maximum atomic E-state index is 13.1. The van der Waals surface area contributed by atoms with Gasteiger partial charge in [0.2, 0.25) is 0 Å². The Morgan fingerprint density at radius 3 is 2.50 bits per heavy atom. The van der Waals surface area contributed by atoms with Gasteiger partial charge in [0.15, 0.2) is 16.7 Å². The Kier molecular flexibility index (Phi) is 4.47. The van der Waals surface area contributed by atoms with Gasteiger partial charge in [-0.2, -0.15) is 0 Å². The molecule has 0 aliphatic rings. The predicted octanol–water partition coefficient (Wildman–Crippen LogP) is 3.78. The third-order valence-electron chi connectivity index (χ3n) is 2.53. The third kappa shape index (κ3) is 3.42. The van der Waals surface area contributed by atoms with Gasteiger partial charge in [-0.15, -0.1) is 0 Å². The van der Waals surface area contributed by atoms with Gasteiger partial charge in [-0.3, -0.25) is 0 Å². The van der Waals surface area contributed by atoms with Gasteiger partial charge in [-0.05, 0) is 36.5 Å². The monoisotopic (exact) mass is 294 g/mol. The second-order valence-corrected chi connectivity index (χ2v) is 4.32. The first-order valence-electron chi connectivity index (χ1n) is 5.76. The van der Waals surface area contributed by atoms with E-state index in [4.69, 9.17) is 17.0 Å². The minimum atomic E-state index is -0.935. The van der Waals surface area contributed by atoms with Gasteiger partial charge >= 0.3 is 0 Å². The molecule has 104 valence electrons. The summed E-state index contributed by atoms with van der Waals surface area (Å²) in [5.41, 5.74) is 1.03. The van der Waals surface area contributed by atoms with Crippen LogP contribution in [0.2, 0.25) is 0 Å². The molecule has 0 unspecified atom stereocenters. The van der Waals surface area contributed by atoms with Crippen LogP contribution in [0.15, 0.2) is 42.5 Å². The molecule has 0 fully saturated rings. The van der Waals surface area contributed by atoms with Gasteiger partial charge in [-0.1, -0.05) is 12.1 Å². The number of rotatable bonds is 3. The maximum Gasteiger partial charge on any atom is 0.175 e. The molecule has 6 heteroatoms. The molecular weight excluding hydrogens is 282 g/mol. The summed E-state index contributed by atoms with van der Waals surface area (Å²) >= 11 is 5.11. The molecule has 0 aliphatic carbocycles. The molecule has 3 nitrogen and oxygen atoms in total. The first-order valence-corrected chi connectivity index (χ1v) is 6.17. The summed E-state index contributed by atoms with van der Waals surface area (Å²) in [5.74, 6) is -1.21. The fraction of sp³-hybridized carbons (Fsp3) is 0.0714. The lowest BCUT2D eigenvalue weighted by atomic mass is 10.3. The Labute approximate surface area is 120 Å². The molecule has 20 heavy (non-hydrogen) atoms. The van der Waals surface area contributed by atoms with Crippen LogP contribution in [0.25, 0.3) is 0 Å². The van der Waals surface area contributed by atoms with Crippen LogP contribution in [-0.4, -0.2) is 12.2 Å². The topological polar surface area (TPSA) is 33.3 Å². The van der Waals surface area contributed by atoms with E-state index in [2.05, 4.69) is 10.6 Å². The normalized spacial score (nSPS) is 9.95. The number of thiocarbonyl (C=S) groups is 1. The van der Waals surface area contributed by atoms with Crippen molar-refractivity contribution in [3.63, 3.8) is 0 Å². The zero-order valence-corrected chi connectivity index (χ0v) is 11.4. The molecule has 0 atom stereocenters. The first kappa shape index (κ1) is 14.2. The van der Waals surface area contributed by atoms with Gasteiger partial charge in [0.1, 0.15) is 5.75 Å². The second-order valence-electron chi connectivity index (χ2n) is 3.91. The van der Waals surface area contributed by atoms with Crippen LogP contribution in [-0.2, 0) is 0 Å². The Bertz CT molecular complexity index is 634. The van der Waals surface area contributed by atoms with Gasteiger partial charge in [0.05, 0.1) is 12.8 Å². The predicted molar refractivity (Wildman–Crippen MR) is 79.2 cm³/mol. The highest BCUT2D eigenvalue weighted by Gasteiger charge is 2.06. The number of methoxy groups -OCH3 is 1. The highest BCUT2D eigenvalue weighted by atomic mass is 32.1. The van der Waals surface area contributed by atoms with Crippen LogP contribution in [0.5, 0.6) is 5.75 Å². The average Bonchev–Trinajstić information content (AvgIpc) is 2.43. The molecule has 2 aromatic rings. The number of hydrogen-bond donors (Lipinski definition) is 2. The highest BCUT2D eigenvalue weighted by molar-refractivity contribution is 7.80. The summed E-state index contributed by atoms with van der Waals surface area (Å²) in [7, 11) is 1.55. The SMILES string of the molecule is COc1ccccc1NC(=S)Nc1ccc(F)c(F)c1. The zero-order valence-electron chi connectivity index (χ0n) is 10.6. The zero-order chi connectivity index (χ0) is 14.5. The number of nitrogens with one attached hydrogen (secondary N) is 2. The number of ether oxygens (including phenoxy) is 1. The van der Waals surface area contributed by atoms with E-state index in [0.717, 1.165) is 12.1 Å². The average molecular weight is 294 g/mol. The van der Waals surface area contributed by atoms with E-state index in [1.165, 1.54) is 6.07 Å². The van der Waals surface area contributed by atoms with Crippen molar-refractivity contribution in [3.05, 3.63) is 54.1 Å². The van der Waals surface area contributed by atoms with Gasteiger partial charge < -0.3 is 15.4 Å². The van der Waals surface area contributed by atoms with Crippen molar-refractivity contribution in [2.45, 2.75) is 0 Å². The fourth-order valence-corrected chi connectivity index (χ4v) is 1.83. The molecule has 0 heterocycles. The van der Waals surface area contributed by atoms with Crippen molar-refractivity contribution in [2.75, 3.05) is 17.7 Å². The van der Waals surface area contributed by atoms with E-state index in [0.29, 0.717) is 17.1 Å². The molecule has 0 aromatic heterocycles. The minimum absolute atomic E-state index is 0.250. The molecule has 0 amide bonds. The molecular formula is C14H12F2N2OS. The lowest BCUT2D eigenvalue weighted by molar-refractivity contribution is 0.417. The Hall–Kier alpha value is -2.21. The molecule has 0 radical (unpaired) electrons. The number of benzene rings is 2. The van der Waals surface area contributed by atoms with Crippen LogP contribution in [0.3, 0.4) is 0 Å². The van der Waals surface area contributed by atoms with Crippen LogP contribution in [0.4, 0.5) is 20.2 Å².